The molecule has 5 rings (SSSR count). The van der Waals surface area contributed by atoms with E-state index in [1.165, 1.54) is 28.4 Å². The Hall–Kier alpha value is -2.73. The van der Waals surface area contributed by atoms with Crippen LogP contribution in [0.4, 0.5) is 5.69 Å². The Morgan fingerprint density at radius 1 is 1.22 bits per heavy atom. The molecule has 136 valence electrons. The van der Waals surface area contributed by atoms with Gasteiger partial charge in [-0.05, 0) is 31.2 Å². The lowest BCUT2D eigenvalue weighted by molar-refractivity contribution is -0.115. The second-order valence-corrected chi connectivity index (χ2v) is 8.45. The van der Waals surface area contributed by atoms with Gasteiger partial charge in [0, 0.05) is 52.1 Å². The number of carbonyl (C=O) groups is 2. The first-order chi connectivity index (χ1) is 13.1. The van der Waals surface area contributed by atoms with Crippen LogP contribution < -0.4 is 5.32 Å². The Bertz CT molecular complexity index is 1090. The second kappa shape index (κ2) is 6.16. The van der Waals surface area contributed by atoms with E-state index < -0.39 is 0 Å². The zero-order valence-corrected chi connectivity index (χ0v) is 15.7. The highest BCUT2D eigenvalue weighted by Crippen LogP contribution is 2.36. The molecule has 0 bridgehead atoms. The lowest BCUT2D eigenvalue weighted by Gasteiger charge is -2.28. The zero-order valence-electron chi connectivity index (χ0n) is 14.9. The van der Waals surface area contributed by atoms with Crippen molar-refractivity contribution in [2.75, 3.05) is 11.9 Å². The third kappa shape index (κ3) is 2.72. The number of aromatic amines is 1. The van der Waals surface area contributed by atoms with E-state index in [1.54, 1.807) is 6.07 Å². The molecule has 0 unspecified atom stereocenters. The van der Waals surface area contributed by atoms with E-state index in [9.17, 15) is 9.59 Å². The highest BCUT2D eigenvalue weighted by molar-refractivity contribution is 8.00. The number of anilines is 1. The highest BCUT2D eigenvalue weighted by Gasteiger charge is 2.27. The number of H-pyrrole nitrogens is 1. The predicted molar refractivity (Wildman–Crippen MR) is 107 cm³/mol. The first-order valence-electron chi connectivity index (χ1n) is 9.09. The topological polar surface area (TPSA) is 65.2 Å². The van der Waals surface area contributed by atoms with Crippen LogP contribution in [0.5, 0.6) is 0 Å². The Morgan fingerprint density at radius 2 is 2.07 bits per heavy atom. The van der Waals surface area contributed by atoms with Gasteiger partial charge in [-0.15, -0.1) is 11.8 Å². The number of nitrogens with one attached hydrogen (secondary N) is 2. The van der Waals surface area contributed by atoms with Gasteiger partial charge >= 0.3 is 0 Å². The number of benzene rings is 2. The van der Waals surface area contributed by atoms with Gasteiger partial charge in [0.2, 0.25) is 5.91 Å². The summed E-state index contributed by atoms with van der Waals surface area (Å²) in [4.78, 5) is 31.4. The third-order valence-corrected chi connectivity index (χ3v) is 6.50. The molecular formula is C21H19N3O2S. The summed E-state index contributed by atoms with van der Waals surface area (Å²) in [6.07, 6.45) is 0.824. The van der Waals surface area contributed by atoms with E-state index in [0.29, 0.717) is 18.7 Å². The molecule has 27 heavy (non-hydrogen) atoms. The molecule has 0 aliphatic carbocycles. The molecule has 0 saturated carbocycles. The summed E-state index contributed by atoms with van der Waals surface area (Å²) in [5.41, 5.74) is 4.91. The summed E-state index contributed by atoms with van der Waals surface area (Å²) in [6, 6.07) is 13.8. The Morgan fingerprint density at radius 3 is 2.96 bits per heavy atom. The zero-order chi connectivity index (χ0) is 18.5. The van der Waals surface area contributed by atoms with Crippen LogP contribution in [0.1, 0.15) is 28.5 Å². The molecule has 1 atom stereocenters. The number of para-hydroxylation sites is 1. The number of carbonyl (C=O) groups excluding carboxylic acids is 2. The van der Waals surface area contributed by atoms with Crippen molar-refractivity contribution < 1.29 is 9.59 Å². The number of thioether (sulfide) groups is 1. The molecule has 2 aromatic carbocycles. The molecule has 0 radical (unpaired) electrons. The minimum absolute atomic E-state index is 0.00611. The van der Waals surface area contributed by atoms with E-state index in [4.69, 9.17) is 0 Å². The first-order valence-corrected chi connectivity index (χ1v) is 9.97. The third-order valence-electron chi connectivity index (χ3n) is 5.33. The highest BCUT2D eigenvalue weighted by atomic mass is 32.2. The van der Waals surface area contributed by atoms with E-state index in [-0.39, 0.29) is 17.1 Å². The molecule has 3 aromatic rings. The summed E-state index contributed by atoms with van der Waals surface area (Å²) in [6.45, 7) is 3.18. The standard InChI is InChI=1S/C21H19N3O2S/c1-12-20(25)23-18-10-13(6-7-19(18)27-12)21(26)24-9-8-17-15(11-24)14-4-2-3-5-16(14)22-17/h2-7,10,12,22H,8-9,11H2,1H3,(H,23,25)/t12-/m1/s1. The maximum atomic E-state index is 13.1. The smallest absolute Gasteiger partial charge is 0.254 e. The number of aromatic nitrogens is 1. The molecule has 2 aliphatic rings. The van der Waals surface area contributed by atoms with Crippen LogP contribution in [-0.4, -0.2) is 33.5 Å². The summed E-state index contributed by atoms with van der Waals surface area (Å²) >= 11 is 1.53. The largest absolute Gasteiger partial charge is 0.358 e. The molecule has 5 nitrogen and oxygen atoms in total. The molecule has 2 N–H and O–H groups in total. The number of rotatable bonds is 1. The fourth-order valence-corrected chi connectivity index (χ4v) is 4.79. The molecule has 0 saturated heterocycles. The van der Waals surface area contributed by atoms with Gasteiger partial charge in [0.1, 0.15) is 0 Å². The van der Waals surface area contributed by atoms with Gasteiger partial charge in [0.15, 0.2) is 0 Å². The van der Waals surface area contributed by atoms with Crippen LogP contribution in [0.2, 0.25) is 0 Å². The van der Waals surface area contributed by atoms with Crippen molar-refractivity contribution in [3.63, 3.8) is 0 Å². The number of hydrogen-bond donors (Lipinski definition) is 2. The number of fused-ring (bicyclic) bond motifs is 4. The lowest BCUT2D eigenvalue weighted by atomic mass is 10.0. The molecule has 2 amide bonds. The van der Waals surface area contributed by atoms with E-state index >= 15 is 0 Å². The van der Waals surface area contributed by atoms with E-state index in [1.807, 2.05) is 36.1 Å². The van der Waals surface area contributed by atoms with E-state index in [0.717, 1.165) is 22.5 Å². The predicted octanol–water partition coefficient (Wildman–Crippen LogP) is 3.80. The lowest BCUT2D eigenvalue weighted by Crippen LogP contribution is -2.36. The van der Waals surface area contributed by atoms with Crippen LogP contribution in [0.3, 0.4) is 0 Å². The number of hydrogen-bond acceptors (Lipinski definition) is 3. The van der Waals surface area contributed by atoms with Crippen LogP contribution in [0.15, 0.2) is 47.4 Å². The molecule has 0 spiro atoms. The van der Waals surface area contributed by atoms with Crippen molar-refractivity contribution in [3.8, 4) is 0 Å². The SMILES string of the molecule is C[C@H]1Sc2ccc(C(=O)N3CCc4[nH]c5ccccc5c4C3)cc2NC1=O. The Balaban J connectivity index is 1.44. The van der Waals surface area contributed by atoms with Crippen molar-refractivity contribution in [1.29, 1.82) is 0 Å². The van der Waals surface area contributed by atoms with E-state index in [2.05, 4.69) is 22.4 Å². The van der Waals surface area contributed by atoms with Crippen LogP contribution in [0, 0.1) is 0 Å². The average molecular weight is 377 g/mol. The van der Waals surface area contributed by atoms with Crippen LogP contribution >= 0.6 is 11.8 Å². The minimum atomic E-state index is -0.110. The molecule has 2 aliphatic heterocycles. The first kappa shape index (κ1) is 16.4. The summed E-state index contributed by atoms with van der Waals surface area (Å²) in [5, 5.41) is 3.99. The van der Waals surface area contributed by atoms with Crippen molar-refractivity contribution in [3.05, 3.63) is 59.3 Å². The van der Waals surface area contributed by atoms with Crippen LogP contribution in [0.25, 0.3) is 10.9 Å². The van der Waals surface area contributed by atoms with Crippen molar-refractivity contribution in [2.45, 2.75) is 30.0 Å². The molecular weight excluding hydrogens is 358 g/mol. The monoisotopic (exact) mass is 377 g/mol. The normalized spacial score (nSPS) is 18.8. The molecule has 0 fully saturated rings. The molecule has 1 aromatic heterocycles. The van der Waals surface area contributed by atoms with Gasteiger partial charge in [0.05, 0.1) is 10.9 Å². The van der Waals surface area contributed by atoms with Crippen molar-refractivity contribution >= 4 is 40.2 Å². The molecule has 6 heteroatoms. The fourth-order valence-electron chi connectivity index (χ4n) is 3.86. The van der Waals surface area contributed by atoms with Gasteiger partial charge in [-0.25, -0.2) is 0 Å². The van der Waals surface area contributed by atoms with Gasteiger partial charge in [-0.1, -0.05) is 18.2 Å². The molecule has 3 heterocycles. The Kier molecular flexibility index (Phi) is 3.75. The summed E-state index contributed by atoms with van der Waals surface area (Å²) in [7, 11) is 0. The van der Waals surface area contributed by atoms with Crippen molar-refractivity contribution in [2.24, 2.45) is 0 Å². The van der Waals surface area contributed by atoms with Gasteiger partial charge in [-0.3, -0.25) is 9.59 Å². The minimum Gasteiger partial charge on any atom is -0.358 e. The van der Waals surface area contributed by atoms with Gasteiger partial charge in [-0.2, -0.15) is 0 Å². The number of amides is 2. The summed E-state index contributed by atoms with van der Waals surface area (Å²) in [5.74, 6) is -0.00916. The number of nitrogens with zero attached hydrogens (tertiary/aromatic N) is 1. The van der Waals surface area contributed by atoms with Crippen molar-refractivity contribution in [1.82, 2.24) is 9.88 Å². The van der Waals surface area contributed by atoms with Gasteiger partial charge in [0.25, 0.3) is 5.91 Å². The fraction of sp³-hybridized carbons (Fsp3) is 0.238. The summed E-state index contributed by atoms with van der Waals surface area (Å²) < 4.78 is 0. The second-order valence-electron chi connectivity index (χ2n) is 7.06. The average Bonchev–Trinajstić information content (AvgIpc) is 3.06. The maximum Gasteiger partial charge on any atom is 0.254 e. The van der Waals surface area contributed by atoms with Gasteiger partial charge < -0.3 is 15.2 Å². The quantitative estimate of drug-likeness (QED) is 0.678. The van der Waals surface area contributed by atoms with Crippen LogP contribution in [-0.2, 0) is 17.8 Å². The Labute approximate surface area is 161 Å². The maximum absolute atomic E-state index is 13.1.